The third kappa shape index (κ3) is 2.64. The zero-order valence-electron chi connectivity index (χ0n) is 11.1. The number of rotatable bonds is 4. The second-order valence-corrected chi connectivity index (χ2v) is 6.11. The van der Waals surface area contributed by atoms with Crippen molar-refractivity contribution >= 4 is 17.7 Å². The molecule has 0 radical (unpaired) electrons. The molecule has 1 fully saturated rings. The van der Waals surface area contributed by atoms with E-state index in [1.165, 1.54) is 0 Å². The Morgan fingerprint density at radius 1 is 1.44 bits per heavy atom. The molecule has 0 saturated carbocycles. The molecule has 1 aliphatic rings. The van der Waals surface area contributed by atoms with Crippen molar-refractivity contribution in [2.75, 3.05) is 20.7 Å². The van der Waals surface area contributed by atoms with Crippen LogP contribution in [-0.4, -0.2) is 36.8 Å². The molecule has 1 heterocycles. The lowest BCUT2D eigenvalue weighted by atomic mass is 10.1. The quantitative estimate of drug-likeness (QED) is 0.838. The van der Waals surface area contributed by atoms with Crippen LogP contribution in [0.4, 0.5) is 0 Å². The fourth-order valence-corrected chi connectivity index (χ4v) is 3.61. The number of hydrogen-bond acceptors (Lipinski definition) is 3. The molecular formula is C14H19NO2S. The number of amides is 1. The first kappa shape index (κ1) is 13.3. The van der Waals surface area contributed by atoms with Crippen LogP contribution < -0.4 is 4.74 Å². The van der Waals surface area contributed by atoms with Crippen molar-refractivity contribution in [3.8, 4) is 5.75 Å². The van der Waals surface area contributed by atoms with E-state index in [1.807, 2.05) is 30.1 Å². The minimum atomic E-state index is 0.0925. The van der Waals surface area contributed by atoms with Crippen LogP contribution in [0, 0.1) is 0 Å². The zero-order valence-corrected chi connectivity index (χ0v) is 11.9. The molecule has 0 bridgehead atoms. The molecule has 1 amide bonds. The highest BCUT2D eigenvalue weighted by molar-refractivity contribution is 8.00. The van der Waals surface area contributed by atoms with Gasteiger partial charge >= 0.3 is 0 Å². The maximum atomic E-state index is 11.9. The molecule has 2 rings (SSSR count). The van der Waals surface area contributed by atoms with E-state index in [-0.39, 0.29) is 16.4 Å². The van der Waals surface area contributed by atoms with Crippen molar-refractivity contribution in [3.63, 3.8) is 0 Å². The number of carbonyl (C=O) groups excluding carboxylic acids is 1. The third-order valence-corrected chi connectivity index (χ3v) is 4.75. The van der Waals surface area contributed by atoms with Gasteiger partial charge in [-0.25, -0.2) is 0 Å². The van der Waals surface area contributed by atoms with E-state index in [9.17, 15) is 4.79 Å². The summed E-state index contributed by atoms with van der Waals surface area (Å²) in [5, 5.41) is 0.358. The van der Waals surface area contributed by atoms with Gasteiger partial charge in [0, 0.05) is 24.4 Å². The summed E-state index contributed by atoms with van der Waals surface area (Å²) in [5.41, 5.74) is 1.16. The Labute approximate surface area is 113 Å². The Kier molecular flexibility index (Phi) is 4.17. The molecule has 1 aliphatic heterocycles. The van der Waals surface area contributed by atoms with Crippen molar-refractivity contribution in [3.05, 3.63) is 29.8 Å². The van der Waals surface area contributed by atoms with Gasteiger partial charge in [0.25, 0.3) is 0 Å². The van der Waals surface area contributed by atoms with E-state index in [2.05, 4.69) is 13.0 Å². The van der Waals surface area contributed by atoms with E-state index in [4.69, 9.17) is 4.74 Å². The fourth-order valence-electron chi connectivity index (χ4n) is 2.24. The molecule has 1 aromatic carbocycles. The van der Waals surface area contributed by atoms with Gasteiger partial charge in [-0.2, -0.15) is 0 Å². The van der Waals surface area contributed by atoms with Gasteiger partial charge in [-0.1, -0.05) is 18.2 Å². The lowest BCUT2D eigenvalue weighted by Crippen LogP contribution is -2.24. The molecule has 0 N–H and O–H groups in total. The van der Waals surface area contributed by atoms with Gasteiger partial charge in [-0.05, 0) is 19.4 Å². The number of hydrogen-bond donors (Lipinski definition) is 0. The fraction of sp³-hybridized carbons (Fsp3) is 0.500. The van der Waals surface area contributed by atoms with Gasteiger partial charge in [0.1, 0.15) is 5.75 Å². The smallest absolute Gasteiger partial charge is 0.235 e. The first-order chi connectivity index (χ1) is 8.63. The van der Waals surface area contributed by atoms with Crippen LogP contribution in [0.3, 0.4) is 0 Å². The average Bonchev–Trinajstić information content (AvgIpc) is 2.70. The van der Waals surface area contributed by atoms with Gasteiger partial charge in [0.05, 0.1) is 12.4 Å². The number of ether oxygens (including phenoxy) is 1. The van der Waals surface area contributed by atoms with Crippen LogP contribution in [-0.2, 0) is 4.79 Å². The Morgan fingerprint density at radius 3 is 2.78 bits per heavy atom. The largest absolute Gasteiger partial charge is 0.496 e. The SMILES string of the molecule is COc1ccccc1[C@@H](C)S[C@@H]1CCN(C)C1=O. The van der Waals surface area contributed by atoms with Gasteiger partial charge in [-0.3, -0.25) is 4.79 Å². The summed E-state index contributed by atoms with van der Waals surface area (Å²) in [6, 6.07) is 8.01. The van der Waals surface area contributed by atoms with Crippen LogP contribution in [0.5, 0.6) is 5.75 Å². The van der Waals surface area contributed by atoms with Gasteiger partial charge in [0.15, 0.2) is 0 Å². The Bertz CT molecular complexity index is 436. The highest BCUT2D eigenvalue weighted by Gasteiger charge is 2.31. The van der Waals surface area contributed by atoms with E-state index < -0.39 is 0 Å². The van der Waals surface area contributed by atoms with Crippen LogP contribution in [0.25, 0.3) is 0 Å². The summed E-state index contributed by atoms with van der Waals surface area (Å²) >= 11 is 1.73. The molecule has 0 aromatic heterocycles. The molecule has 0 spiro atoms. The average molecular weight is 265 g/mol. The lowest BCUT2D eigenvalue weighted by Gasteiger charge is -2.18. The number of nitrogens with zero attached hydrogens (tertiary/aromatic N) is 1. The minimum Gasteiger partial charge on any atom is -0.496 e. The topological polar surface area (TPSA) is 29.5 Å². The minimum absolute atomic E-state index is 0.0925. The number of benzene rings is 1. The summed E-state index contributed by atoms with van der Waals surface area (Å²) in [5.74, 6) is 1.15. The Balaban J connectivity index is 2.08. The molecule has 98 valence electrons. The highest BCUT2D eigenvalue weighted by atomic mass is 32.2. The summed E-state index contributed by atoms with van der Waals surface area (Å²) in [7, 11) is 3.56. The molecule has 3 nitrogen and oxygen atoms in total. The van der Waals surface area contributed by atoms with E-state index >= 15 is 0 Å². The van der Waals surface area contributed by atoms with Crippen molar-refractivity contribution in [1.82, 2.24) is 4.90 Å². The van der Waals surface area contributed by atoms with E-state index in [0.29, 0.717) is 0 Å². The maximum Gasteiger partial charge on any atom is 0.235 e. The molecule has 18 heavy (non-hydrogen) atoms. The number of likely N-dealkylation sites (tertiary alicyclic amines) is 1. The second-order valence-electron chi connectivity index (χ2n) is 4.56. The number of thioether (sulfide) groups is 1. The van der Waals surface area contributed by atoms with Crippen molar-refractivity contribution in [2.45, 2.75) is 23.8 Å². The van der Waals surface area contributed by atoms with Crippen LogP contribution in [0.15, 0.2) is 24.3 Å². The Morgan fingerprint density at radius 2 is 2.17 bits per heavy atom. The summed E-state index contributed by atoms with van der Waals surface area (Å²) in [6.07, 6.45) is 0.944. The van der Waals surface area contributed by atoms with Crippen LogP contribution in [0.1, 0.15) is 24.2 Å². The van der Waals surface area contributed by atoms with Crippen LogP contribution >= 0.6 is 11.8 Å². The third-order valence-electron chi connectivity index (χ3n) is 3.32. The van der Waals surface area contributed by atoms with Crippen molar-refractivity contribution in [1.29, 1.82) is 0 Å². The molecule has 1 aromatic rings. The molecule has 4 heteroatoms. The van der Waals surface area contributed by atoms with Crippen molar-refractivity contribution < 1.29 is 9.53 Å². The standard InChI is InChI=1S/C14H19NO2S/c1-10(11-6-4-5-7-12(11)17-3)18-13-8-9-15(2)14(13)16/h4-7,10,13H,8-9H2,1-3H3/t10-,13-/m1/s1. The molecule has 0 unspecified atom stereocenters. The van der Waals surface area contributed by atoms with Crippen LogP contribution in [0.2, 0.25) is 0 Å². The maximum absolute atomic E-state index is 11.9. The predicted molar refractivity (Wildman–Crippen MR) is 75.0 cm³/mol. The monoisotopic (exact) mass is 265 g/mol. The first-order valence-corrected chi connectivity index (χ1v) is 7.11. The van der Waals surface area contributed by atoms with E-state index in [0.717, 1.165) is 24.3 Å². The first-order valence-electron chi connectivity index (χ1n) is 6.17. The lowest BCUT2D eigenvalue weighted by molar-refractivity contribution is -0.126. The normalized spacial score (nSPS) is 21.2. The summed E-state index contributed by atoms with van der Waals surface area (Å²) < 4.78 is 5.37. The molecule has 2 atom stereocenters. The molecular weight excluding hydrogens is 246 g/mol. The van der Waals surface area contributed by atoms with Gasteiger partial charge < -0.3 is 9.64 Å². The van der Waals surface area contributed by atoms with Crippen molar-refractivity contribution in [2.24, 2.45) is 0 Å². The predicted octanol–water partition coefficient (Wildman–Crippen LogP) is 2.72. The zero-order chi connectivity index (χ0) is 13.1. The summed E-state index contributed by atoms with van der Waals surface area (Å²) in [6.45, 7) is 3.00. The van der Waals surface area contributed by atoms with Gasteiger partial charge in [-0.15, -0.1) is 11.8 Å². The highest BCUT2D eigenvalue weighted by Crippen LogP contribution is 2.39. The number of para-hydroxylation sites is 1. The Hall–Kier alpha value is -1.16. The molecule has 0 aliphatic carbocycles. The van der Waals surface area contributed by atoms with E-state index in [1.54, 1.807) is 18.9 Å². The number of methoxy groups -OCH3 is 1. The second kappa shape index (κ2) is 5.65. The summed E-state index contributed by atoms with van der Waals surface area (Å²) in [4.78, 5) is 13.7. The number of carbonyl (C=O) groups is 1. The molecule has 1 saturated heterocycles. The van der Waals surface area contributed by atoms with Gasteiger partial charge in [0.2, 0.25) is 5.91 Å².